The van der Waals surface area contributed by atoms with Crippen LogP contribution in [0.25, 0.3) is 0 Å². The van der Waals surface area contributed by atoms with Crippen molar-refractivity contribution in [2.75, 3.05) is 0 Å². The Morgan fingerprint density at radius 2 is 2.05 bits per heavy atom. The number of Topliss-reactive ketones (excluding diaryl/α,β-unsaturated/α-hetero) is 1. The minimum Gasteiger partial charge on any atom is -0.489 e. The lowest BCUT2D eigenvalue weighted by atomic mass is 10.1. The Hall–Kier alpha value is -1.87. The summed E-state index contributed by atoms with van der Waals surface area (Å²) in [5.74, 6) is 0.172. The molecule has 4 heteroatoms. The molecule has 0 saturated carbocycles. The summed E-state index contributed by atoms with van der Waals surface area (Å²) in [7, 11) is 0. The molecule has 0 aliphatic heterocycles. The fraction of sp³-hybridized carbons (Fsp3) is 0.133. The molecule has 0 aliphatic rings. The number of carbonyl (C=O) groups excluding carboxylic acids is 1. The summed E-state index contributed by atoms with van der Waals surface area (Å²) < 4.78 is 18.4. The lowest BCUT2D eigenvalue weighted by Crippen LogP contribution is -1.98. The second-order valence-electron chi connectivity index (χ2n) is 4.11. The van der Waals surface area contributed by atoms with Crippen LogP contribution in [0.5, 0.6) is 5.75 Å². The van der Waals surface area contributed by atoms with E-state index in [4.69, 9.17) is 16.3 Å². The van der Waals surface area contributed by atoms with Gasteiger partial charge in [-0.25, -0.2) is 4.39 Å². The topological polar surface area (TPSA) is 26.3 Å². The third-order valence-corrected chi connectivity index (χ3v) is 3.00. The predicted molar refractivity (Wildman–Crippen MR) is 72.2 cm³/mol. The number of ketones is 1. The average molecular weight is 279 g/mol. The Morgan fingerprint density at radius 1 is 1.26 bits per heavy atom. The molecule has 0 saturated heterocycles. The molecule has 0 aliphatic carbocycles. The van der Waals surface area contributed by atoms with E-state index < -0.39 is 0 Å². The number of hydrogen-bond donors (Lipinski definition) is 0. The maximum atomic E-state index is 12.9. The SMILES string of the molecule is CC(=O)c1cccc(OCc2ccc(F)cc2Cl)c1. The molecular weight excluding hydrogens is 267 g/mol. The van der Waals surface area contributed by atoms with Crippen LogP contribution in [0.4, 0.5) is 4.39 Å². The van der Waals surface area contributed by atoms with Gasteiger partial charge < -0.3 is 4.74 Å². The molecule has 0 unspecified atom stereocenters. The van der Waals surface area contributed by atoms with E-state index in [1.165, 1.54) is 19.1 Å². The van der Waals surface area contributed by atoms with Crippen molar-refractivity contribution in [2.45, 2.75) is 13.5 Å². The number of rotatable bonds is 4. The van der Waals surface area contributed by atoms with E-state index in [1.807, 2.05) is 0 Å². The fourth-order valence-electron chi connectivity index (χ4n) is 1.60. The van der Waals surface area contributed by atoms with Crippen LogP contribution in [0, 0.1) is 5.82 Å². The summed E-state index contributed by atoms with van der Waals surface area (Å²) in [6.07, 6.45) is 0. The van der Waals surface area contributed by atoms with E-state index in [-0.39, 0.29) is 18.2 Å². The standard InChI is InChI=1S/C15H12ClFO2/c1-10(18)11-3-2-4-14(7-11)19-9-12-5-6-13(17)8-15(12)16/h2-8H,9H2,1H3. The minimum absolute atomic E-state index is 0.0229. The quantitative estimate of drug-likeness (QED) is 0.781. The van der Waals surface area contributed by atoms with Gasteiger partial charge >= 0.3 is 0 Å². The Morgan fingerprint density at radius 3 is 2.74 bits per heavy atom. The van der Waals surface area contributed by atoms with Crippen LogP contribution in [0.2, 0.25) is 5.02 Å². The van der Waals surface area contributed by atoms with Gasteiger partial charge in [0, 0.05) is 11.1 Å². The van der Waals surface area contributed by atoms with Gasteiger partial charge in [-0.3, -0.25) is 4.79 Å². The van der Waals surface area contributed by atoms with Crippen molar-refractivity contribution < 1.29 is 13.9 Å². The molecule has 0 aromatic heterocycles. The van der Waals surface area contributed by atoms with Crippen molar-refractivity contribution in [3.8, 4) is 5.75 Å². The molecule has 0 N–H and O–H groups in total. The predicted octanol–water partition coefficient (Wildman–Crippen LogP) is 4.26. The van der Waals surface area contributed by atoms with Crippen LogP contribution in [0.1, 0.15) is 22.8 Å². The molecule has 19 heavy (non-hydrogen) atoms. The molecule has 0 atom stereocenters. The van der Waals surface area contributed by atoms with Crippen molar-refractivity contribution in [1.82, 2.24) is 0 Å². The van der Waals surface area contributed by atoms with Crippen LogP contribution < -0.4 is 4.74 Å². The maximum Gasteiger partial charge on any atom is 0.159 e. The Kier molecular flexibility index (Phi) is 4.17. The van der Waals surface area contributed by atoms with E-state index in [0.29, 0.717) is 21.9 Å². The van der Waals surface area contributed by atoms with Gasteiger partial charge in [0.15, 0.2) is 5.78 Å². The van der Waals surface area contributed by atoms with Gasteiger partial charge in [-0.1, -0.05) is 29.8 Å². The molecule has 98 valence electrons. The molecule has 0 radical (unpaired) electrons. The van der Waals surface area contributed by atoms with Crippen LogP contribution in [0.3, 0.4) is 0 Å². The molecule has 0 spiro atoms. The monoisotopic (exact) mass is 278 g/mol. The fourth-order valence-corrected chi connectivity index (χ4v) is 1.83. The summed E-state index contributed by atoms with van der Waals surface area (Å²) in [5, 5.41) is 0.322. The average Bonchev–Trinajstić information content (AvgIpc) is 2.38. The van der Waals surface area contributed by atoms with Crippen LogP contribution in [-0.4, -0.2) is 5.78 Å². The first kappa shape index (κ1) is 13.6. The van der Waals surface area contributed by atoms with Crippen molar-refractivity contribution in [1.29, 1.82) is 0 Å². The second-order valence-corrected chi connectivity index (χ2v) is 4.52. The van der Waals surface area contributed by atoms with Crippen molar-refractivity contribution in [3.05, 3.63) is 64.4 Å². The molecular formula is C15H12ClFO2. The van der Waals surface area contributed by atoms with E-state index in [1.54, 1.807) is 30.3 Å². The first-order chi connectivity index (χ1) is 9.06. The van der Waals surface area contributed by atoms with E-state index in [0.717, 1.165) is 0 Å². The summed E-state index contributed by atoms with van der Waals surface area (Å²) in [6, 6.07) is 11.0. The van der Waals surface area contributed by atoms with E-state index in [9.17, 15) is 9.18 Å². The Balaban J connectivity index is 2.10. The zero-order chi connectivity index (χ0) is 13.8. The van der Waals surface area contributed by atoms with Gasteiger partial charge in [0.2, 0.25) is 0 Å². The normalized spacial score (nSPS) is 10.3. The first-order valence-electron chi connectivity index (χ1n) is 5.74. The molecule has 2 aromatic rings. The van der Waals surface area contributed by atoms with Gasteiger partial charge in [0.1, 0.15) is 18.2 Å². The Bertz CT molecular complexity index is 611. The van der Waals surface area contributed by atoms with Gasteiger partial charge in [-0.05, 0) is 31.2 Å². The third kappa shape index (κ3) is 3.55. The highest BCUT2D eigenvalue weighted by Crippen LogP contribution is 2.20. The van der Waals surface area contributed by atoms with Gasteiger partial charge in [0.05, 0.1) is 5.02 Å². The van der Waals surface area contributed by atoms with Gasteiger partial charge in [0.25, 0.3) is 0 Å². The number of halogens is 2. The highest BCUT2D eigenvalue weighted by molar-refractivity contribution is 6.31. The molecule has 0 heterocycles. The van der Waals surface area contributed by atoms with Crippen LogP contribution in [-0.2, 0) is 6.61 Å². The molecule has 0 bridgehead atoms. The van der Waals surface area contributed by atoms with E-state index >= 15 is 0 Å². The number of benzene rings is 2. The lowest BCUT2D eigenvalue weighted by molar-refractivity contribution is 0.101. The molecule has 0 amide bonds. The summed E-state index contributed by atoms with van der Waals surface area (Å²) in [6.45, 7) is 1.72. The second kappa shape index (κ2) is 5.85. The summed E-state index contributed by atoms with van der Waals surface area (Å²) in [4.78, 5) is 11.2. The minimum atomic E-state index is -0.382. The van der Waals surface area contributed by atoms with Gasteiger partial charge in [-0.15, -0.1) is 0 Å². The Labute approximate surface area is 115 Å². The summed E-state index contributed by atoms with van der Waals surface area (Å²) in [5.41, 5.74) is 1.28. The number of hydrogen-bond acceptors (Lipinski definition) is 2. The lowest BCUT2D eigenvalue weighted by Gasteiger charge is -2.08. The smallest absolute Gasteiger partial charge is 0.159 e. The highest BCUT2D eigenvalue weighted by Gasteiger charge is 2.05. The van der Waals surface area contributed by atoms with Crippen LogP contribution in [0.15, 0.2) is 42.5 Å². The van der Waals surface area contributed by atoms with E-state index in [2.05, 4.69) is 0 Å². The zero-order valence-corrected chi connectivity index (χ0v) is 11.1. The zero-order valence-electron chi connectivity index (χ0n) is 10.3. The first-order valence-corrected chi connectivity index (χ1v) is 6.12. The van der Waals surface area contributed by atoms with Crippen molar-refractivity contribution >= 4 is 17.4 Å². The number of ether oxygens (including phenoxy) is 1. The third-order valence-electron chi connectivity index (χ3n) is 2.65. The largest absolute Gasteiger partial charge is 0.489 e. The molecule has 2 aromatic carbocycles. The van der Waals surface area contributed by atoms with Crippen molar-refractivity contribution in [3.63, 3.8) is 0 Å². The van der Waals surface area contributed by atoms with Gasteiger partial charge in [-0.2, -0.15) is 0 Å². The van der Waals surface area contributed by atoms with Crippen LogP contribution >= 0.6 is 11.6 Å². The molecule has 2 nitrogen and oxygen atoms in total. The summed E-state index contributed by atoms with van der Waals surface area (Å²) >= 11 is 5.90. The molecule has 0 fully saturated rings. The maximum absolute atomic E-state index is 12.9. The molecule has 2 rings (SSSR count). The van der Waals surface area contributed by atoms with Crippen molar-refractivity contribution in [2.24, 2.45) is 0 Å². The highest BCUT2D eigenvalue weighted by atomic mass is 35.5. The number of carbonyl (C=O) groups is 1.